The highest BCUT2D eigenvalue weighted by atomic mass is 31.2. The van der Waals surface area contributed by atoms with Crippen LogP contribution in [0.25, 0.3) is 5.52 Å². The van der Waals surface area contributed by atoms with Crippen LogP contribution in [0.15, 0.2) is 48.8 Å². The van der Waals surface area contributed by atoms with Crippen LogP contribution >= 0.6 is 8.53 Å². The lowest BCUT2D eigenvalue weighted by Crippen LogP contribution is -2.40. The van der Waals surface area contributed by atoms with E-state index in [-0.39, 0.29) is 24.1 Å². The van der Waals surface area contributed by atoms with E-state index in [0.29, 0.717) is 24.8 Å². The van der Waals surface area contributed by atoms with Crippen LogP contribution in [0.2, 0.25) is 0 Å². The second kappa shape index (κ2) is 11.8. The number of para-hydroxylation sites is 1. The summed E-state index contributed by atoms with van der Waals surface area (Å²) in [6.07, 6.45) is 2.83. The molecule has 3 aromatic rings. The maximum absolute atomic E-state index is 12.5. The molecule has 4 unspecified atom stereocenters. The molecule has 188 valence electrons. The summed E-state index contributed by atoms with van der Waals surface area (Å²) in [5.74, 6) is 0.750. The van der Waals surface area contributed by atoms with E-state index in [2.05, 4.69) is 15.2 Å². The number of anilines is 1. The van der Waals surface area contributed by atoms with Gasteiger partial charge in [-0.15, -0.1) is 0 Å². The Labute approximate surface area is 206 Å². The zero-order chi connectivity index (χ0) is 24.8. The van der Waals surface area contributed by atoms with E-state index in [1.807, 2.05) is 56.3 Å². The van der Waals surface area contributed by atoms with Crippen LogP contribution in [0.4, 0.5) is 5.82 Å². The van der Waals surface area contributed by atoms with E-state index in [1.54, 1.807) is 11.4 Å². The fourth-order valence-corrected chi connectivity index (χ4v) is 5.33. The van der Waals surface area contributed by atoms with Crippen molar-refractivity contribution in [3.63, 3.8) is 0 Å². The Hall–Kier alpha value is -2.78. The molecular weight excluding hydrogens is 469 g/mol. The van der Waals surface area contributed by atoms with Gasteiger partial charge in [0.1, 0.15) is 29.7 Å². The van der Waals surface area contributed by atoms with Gasteiger partial charge in [-0.25, -0.2) is 14.6 Å². The van der Waals surface area contributed by atoms with Gasteiger partial charge in [-0.3, -0.25) is 4.79 Å². The van der Waals surface area contributed by atoms with Gasteiger partial charge in [0.2, 0.25) is 0 Å². The van der Waals surface area contributed by atoms with E-state index >= 15 is 0 Å². The molecule has 0 aliphatic carbocycles. The van der Waals surface area contributed by atoms with E-state index in [4.69, 9.17) is 24.3 Å². The first-order valence-corrected chi connectivity index (χ1v) is 13.0. The van der Waals surface area contributed by atoms with Gasteiger partial charge in [0, 0.05) is 0 Å². The highest BCUT2D eigenvalue weighted by Crippen LogP contribution is 2.40. The Kier molecular flexibility index (Phi) is 8.51. The van der Waals surface area contributed by atoms with Crippen LogP contribution in [0.1, 0.15) is 45.4 Å². The Balaban J connectivity index is 1.41. The minimum Gasteiger partial charge on any atom is -0.465 e. The normalized spacial score (nSPS) is 19.7. The van der Waals surface area contributed by atoms with Gasteiger partial charge in [-0.2, -0.15) is 5.10 Å². The largest absolute Gasteiger partial charge is 0.465 e. The average Bonchev–Trinajstić information content (AvgIpc) is 3.49. The van der Waals surface area contributed by atoms with Crippen molar-refractivity contribution in [2.75, 3.05) is 18.9 Å². The topological polar surface area (TPSA) is 122 Å². The van der Waals surface area contributed by atoms with Gasteiger partial charge in [0.05, 0.1) is 25.0 Å². The number of nitrogens with one attached hydrogen (secondary N) is 1. The molecule has 1 aliphatic heterocycles. The number of ether oxygens (including phenoxy) is 2. The lowest BCUT2D eigenvalue weighted by Gasteiger charge is -2.26. The fraction of sp³-hybridized carbons (Fsp3) is 0.458. The highest BCUT2D eigenvalue weighted by Gasteiger charge is 2.33. The number of hydrogen-bond acceptors (Lipinski definition) is 9. The molecule has 10 nitrogen and oxygen atoms in total. The summed E-state index contributed by atoms with van der Waals surface area (Å²) in [4.78, 5) is 16.5. The molecule has 1 aromatic carbocycles. The number of carbonyl (C=O) groups is 1. The predicted octanol–water partition coefficient (Wildman–Crippen LogP) is 4.03. The summed E-state index contributed by atoms with van der Waals surface area (Å²) in [6.45, 7) is 6.32. The van der Waals surface area contributed by atoms with Crippen molar-refractivity contribution in [2.45, 2.75) is 51.9 Å². The maximum atomic E-state index is 12.5. The van der Waals surface area contributed by atoms with Crippen LogP contribution in [-0.2, 0) is 18.8 Å². The number of rotatable bonds is 11. The van der Waals surface area contributed by atoms with Crippen LogP contribution in [0, 0.1) is 5.92 Å². The van der Waals surface area contributed by atoms with Crippen molar-refractivity contribution in [1.82, 2.24) is 19.7 Å². The van der Waals surface area contributed by atoms with E-state index in [0.717, 1.165) is 24.1 Å². The van der Waals surface area contributed by atoms with Crippen molar-refractivity contribution in [2.24, 2.45) is 5.92 Å². The van der Waals surface area contributed by atoms with Crippen LogP contribution in [0.5, 0.6) is 5.75 Å². The molecule has 0 amide bonds. The van der Waals surface area contributed by atoms with E-state index < -0.39 is 14.6 Å². The maximum Gasteiger partial charge on any atom is 0.323 e. The molecule has 1 aliphatic rings. The third kappa shape index (κ3) is 6.27. The molecule has 3 heterocycles. The van der Waals surface area contributed by atoms with Crippen molar-refractivity contribution in [1.29, 1.82) is 0 Å². The molecule has 3 N–H and O–H groups in total. The van der Waals surface area contributed by atoms with Crippen molar-refractivity contribution >= 4 is 25.8 Å². The smallest absolute Gasteiger partial charge is 0.323 e. The lowest BCUT2D eigenvalue weighted by molar-refractivity contribution is -0.146. The number of nitrogens with zero attached hydrogens (tertiary/aromatic N) is 3. The summed E-state index contributed by atoms with van der Waals surface area (Å²) < 4.78 is 25.5. The number of esters is 1. The number of carbonyl (C=O) groups excluding carboxylic acids is 1. The first-order chi connectivity index (χ1) is 17.0. The van der Waals surface area contributed by atoms with E-state index in [1.165, 1.54) is 6.33 Å². The third-order valence-corrected chi connectivity index (χ3v) is 6.96. The molecule has 0 radical (unpaired) electrons. The van der Waals surface area contributed by atoms with Crippen molar-refractivity contribution in [3.8, 4) is 5.75 Å². The summed E-state index contributed by atoms with van der Waals surface area (Å²) >= 11 is 0. The molecular formula is C24H32N5O5P. The zero-order valence-corrected chi connectivity index (χ0v) is 21.1. The molecule has 4 atom stereocenters. The molecule has 0 bridgehead atoms. The molecule has 0 saturated carbocycles. The minimum atomic E-state index is -1.63. The molecule has 11 heteroatoms. The molecule has 4 rings (SSSR count). The number of nitrogens with two attached hydrogens (primary N) is 1. The fourth-order valence-electron chi connectivity index (χ4n) is 3.90. The Morgan fingerprint density at radius 2 is 2.06 bits per heavy atom. The minimum absolute atomic E-state index is 0.00814. The second-order valence-electron chi connectivity index (χ2n) is 8.58. The van der Waals surface area contributed by atoms with Gasteiger partial charge in [0.25, 0.3) is 0 Å². The summed E-state index contributed by atoms with van der Waals surface area (Å²) in [7, 11) is -1.63. The SMILES string of the molecule is CCOC(=O)C(NP(OCC1CCC(c2ccc3c(N)ncnn23)O1)Oc1ccccc1)C(C)C. The Bertz CT molecular complexity index is 1110. The molecule has 1 fully saturated rings. The van der Waals surface area contributed by atoms with Crippen LogP contribution < -0.4 is 15.3 Å². The molecule has 0 spiro atoms. The molecule has 35 heavy (non-hydrogen) atoms. The van der Waals surface area contributed by atoms with Crippen LogP contribution in [0.3, 0.4) is 0 Å². The molecule has 1 saturated heterocycles. The van der Waals surface area contributed by atoms with Gasteiger partial charge in [0.15, 0.2) is 5.82 Å². The highest BCUT2D eigenvalue weighted by molar-refractivity contribution is 7.45. The number of nitrogen functional groups attached to an aromatic ring is 1. The summed E-state index contributed by atoms with van der Waals surface area (Å²) in [5, 5.41) is 7.55. The van der Waals surface area contributed by atoms with Crippen molar-refractivity contribution < 1.29 is 23.3 Å². The second-order valence-corrected chi connectivity index (χ2v) is 9.80. The number of benzene rings is 1. The summed E-state index contributed by atoms with van der Waals surface area (Å²) in [6, 6.07) is 12.7. The van der Waals surface area contributed by atoms with E-state index in [9.17, 15) is 4.79 Å². The van der Waals surface area contributed by atoms with Gasteiger partial charge in [-0.1, -0.05) is 32.0 Å². The lowest BCUT2D eigenvalue weighted by atomic mass is 10.1. The van der Waals surface area contributed by atoms with Crippen LogP contribution in [-0.4, -0.2) is 45.9 Å². The van der Waals surface area contributed by atoms with Gasteiger partial charge >= 0.3 is 14.5 Å². The monoisotopic (exact) mass is 501 g/mol. The zero-order valence-electron chi connectivity index (χ0n) is 20.2. The Morgan fingerprint density at radius 3 is 2.80 bits per heavy atom. The molecule has 2 aromatic heterocycles. The number of fused-ring (bicyclic) bond motifs is 1. The van der Waals surface area contributed by atoms with Crippen molar-refractivity contribution in [3.05, 3.63) is 54.5 Å². The predicted molar refractivity (Wildman–Crippen MR) is 133 cm³/mol. The van der Waals surface area contributed by atoms with Gasteiger partial charge < -0.3 is 24.3 Å². The van der Waals surface area contributed by atoms with Gasteiger partial charge in [-0.05, 0) is 49.9 Å². The standard InChI is InChI=1S/C24H32N5O5P/c1-4-31-24(30)22(16(2)3)28-35(34-17-8-6-5-7-9-17)32-14-18-10-13-21(33-18)19-11-12-20-23(25)26-15-27-29(19)20/h5-9,11-12,15-16,18,21-22,28H,4,10,13-14H2,1-3H3,(H2,25,26,27). The Morgan fingerprint density at radius 1 is 1.26 bits per heavy atom. The first-order valence-electron chi connectivity index (χ1n) is 11.8. The number of aromatic nitrogens is 3. The average molecular weight is 502 g/mol. The first kappa shape index (κ1) is 25.3. The summed E-state index contributed by atoms with van der Waals surface area (Å²) in [5.41, 5.74) is 7.64. The third-order valence-electron chi connectivity index (χ3n) is 5.71. The number of hydrogen-bond donors (Lipinski definition) is 2. The quantitative estimate of drug-likeness (QED) is 0.296.